The van der Waals surface area contributed by atoms with E-state index in [1.54, 1.807) is 7.11 Å². The summed E-state index contributed by atoms with van der Waals surface area (Å²) in [6.07, 6.45) is 4.62. The monoisotopic (exact) mass is 285 g/mol. The van der Waals surface area contributed by atoms with Gasteiger partial charge < -0.3 is 15.4 Å². The van der Waals surface area contributed by atoms with Crippen LogP contribution in [0.25, 0.3) is 0 Å². The quantitative estimate of drug-likeness (QED) is 0.886. The Hall–Kier alpha value is -2.07. The average molecular weight is 285 g/mol. The van der Waals surface area contributed by atoms with E-state index in [1.807, 2.05) is 43.6 Å². The molecule has 1 aromatic carbocycles. The lowest BCUT2D eigenvalue weighted by molar-refractivity contribution is 0.407. The van der Waals surface area contributed by atoms with Crippen molar-refractivity contribution in [3.63, 3.8) is 0 Å². The van der Waals surface area contributed by atoms with Crippen LogP contribution in [-0.4, -0.2) is 25.7 Å². The molecule has 1 atom stereocenters. The van der Waals surface area contributed by atoms with Crippen molar-refractivity contribution in [3.05, 3.63) is 53.9 Å². The summed E-state index contributed by atoms with van der Waals surface area (Å²) in [7, 11) is 3.77. The number of rotatable bonds is 6. The fourth-order valence-corrected chi connectivity index (χ4v) is 2.47. The van der Waals surface area contributed by atoms with Crippen molar-refractivity contribution in [2.45, 2.75) is 19.4 Å². The normalized spacial score (nSPS) is 12.0. The molecule has 0 bridgehead atoms. The predicted molar refractivity (Wildman–Crippen MR) is 86.8 cm³/mol. The fourth-order valence-electron chi connectivity index (χ4n) is 2.47. The molecule has 0 saturated heterocycles. The highest BCUT2D eigenvalue weighted by molar-refractivity contribution is 5.60. The van der Waals surface area contributed by atoms with Gasteiger partial charge in [-0.05, 0) is 43.2 Å². The molecule has 1 aromatic heterocycles. The highest BCUT2D eigenvalue weighted by atomic mass is 16.5. The van der Waals surface area contributed by atoms with Gasteiger partial charge in [-0.2, -0.15) is 0 Å². The zero-order chi connectivity index (χ0) is 15.2. The Kier molecular flexibility index (Phi) is 5.17. The molecule has 0 aliphatic rings. The van der Waals surface area contributed by atoms with Crippen molar-refractivity contribution in [2.75, 3.05) is 25.6 Å². The summed E-state index contributed by atoms with van der Waals surface area (Å²) in [5.74, 6) is 0.846. The summed E-state index contributed by atoms with van der Waals surface area (Å²) < 4.78 is 5.45. The zero-order valence-electron chi connectivity index (χ0n) is 12.9. The van der Waals surface area contributed by atoms with Crippen LogP contribution < -0.4 is 15.4 Å². The van der Waals surface area contributed by atoms with Crippen molar-refractivity contribution >= 4 is 5.69 Å². The van der Waals surface area contributed by atoms with Crippen LogP contribution >= 0.6 is 0 Å². The highest BCUT2D eigenvalue weighted by Gasteiger charge is 2.15. The minimum absolute atomic E-state index is 0.0699. The average Bonchev–Trinajstić information content (AvgIpc) is 2.52. The van der Waals surface area contributed by atoms with Crippen LogP contribution in [0.3, 0.4) is 0 Å². The molecule has 0 amide bonds. The maximum absolute atomic E-state index is 6.12. The Labute approximate surface area is 126 Å². The predicted octanol–water partition coefficient (Wildman–Crippen LogP) is 2.79. The molecule has 2 aromatic rings. The Balaban J connectivity index is 2.17. The summed E-state index contributed by atoms with van der Waals surface area (Å²) in [5.41, 5.74) is 9.58. The fraction of sp³-hybridized carbons (Fsp3) is 0.353. The largest absolute Gasteiger partial charge is 0.496 e. The second kappa shape index (κ2) is 7.09. The van der Waals surface area contributed by atoms with Crippen LogP contribution in [-0.2, 0) is 6.42 Å². The number of ether oxygens (including phenoxy) is 1. The van der Waals surface area contributed by atoms with Crippen LogP contribution in [0.2, 0.25) is 0 Å². The third kappa shape index (κ3) is 3.73. The Morgan fingerprint density at radius 1 is 1.24 bits per heavy atom. The smallest absolute Gasteiger partial charge is 0.125 e. The van der Waals surface area contributed by atoms with Crippen molar-refractivity contribution in [3.8, 4) is 5.75 Å². The molecule has 1 heterocycles. The van der Waals surface area contributed by atoms with Crippen LogP contribution in [0.15, 0.2) is 42.7 Å². The molecule has 0 aliphatic heterocycles. The first-order valence-corrected chi connectivity index (χ1v) is 7.16. The van der Waals surface area contributed by atoms with Gasteiger partial charge >= 0.3 is 0 Å². The number of pyridine rings is 1. The molecule has 0 fully saturated rings. The molecule has 0 radical (unpaired) electrons. The molecule has 0 aliphatic carbocycles. The molecule has 0 spiro atoms. The summed E-state index contributed by atoms with van der Waals surface area (Å²) in [5, 5.41) is 0. The number of methoxy groups -OCH3 is 1. The first-order valence-electron chi connectivity index (χ1n) is 7.16. The van der Waals surface area contributed by atoms with Crippen LogP contribution in [0, 0.1) is 0 Å². The van der Waals surface area contributed by atoms with Gasteiger partial charge in [-0.25, -0.2) is 0 Å². The van der Waals surface area contributed by atoms with E-state index in [0.717, 1.165) is 30.0 Å². The van der Waals surface area contributed by atoms with E-state index < -0.39 is 0 Å². The molecule has 2 rings (SSSR count). The molecular formula is C17H23N3O. The number of nitrogens with zero attached hydrogens (tertiary/aromatic N) is 2. The van der Waals surface area contributed by atoms with E-state index in [0.29, 0.717) is 0 Å². The Bertz CT molecular complexity index is 570. The minimum atomic E-state index is -0.0699. The number of aromatic nitrogens is 1. The summed E-state index contributed by atoms with van der Waals surface area (Å²) in [6.45, 7) is 2.90. The van der Waals surface area contributed by atoms with Gasteiger partial charge in [0.15, 0.2) is 0 Å². The van der Waals surface area contributed by atoms with Gasteiger partial charge in [0.05, 0.1) is 7.11 Å². The van der Waals surface area contributed by atoms with E-state index >= 15 is 0 Å². The van der Waals surface area contributed by atoms with E-state index in [9.17, 15) is 0 Å². The summed E-state index contributed by atoms with van der Waals surface area (Å²) in [4.78, 5) is 6.27. The molecule has 112 valence electrons. The highest BCUT2D eigenvalue weighted by Crippen LogP contribution is 2.33. The molecule has 4 heteroatoms. The SMILES string of the molecule is COc1cccc(N(C)CCc2ccncc2)c1[C@@H](C)N. The number of anilines is 1. The van der Waals surface area contributed by atoms with E-state index in [1.165, 1.54) is 5.56 Å². The first-order chi connectivity index (χ1) is 10.1. The maximum atomic E-state index is 6.12. The standard InChI is InChI=1S/C17H23N3O/c1-13(18)17-15(5-4-6-16(17)21-3)20(2)12-9-14-7-10-19-11-8-14/h4-8,10-11,13H,9,12,18H2,1-3H3/t13-/m1/s1. The van der Waals surface area contributed by atoms with Gasteiger partial charge in [-0.1, -0.05) is 6.07 Å². The van der Waals surface area contributed by atoms with E-state index in [2.05, 4.69) is 23.0 Å². The van der Waals surface area contributed by atoms with Gasteiger partial charge in [0, 0.05) is 43.3 Å². The number of benzene rings is 1. The number of likely N-dealkylation sites (N-methyl/N-ethyl adjacent to an activating group) is 1. The molecule has 0 unspecified atom stereocenters. The number of nitrogens with two attached hydrogens (primary N) is 1. The third-order valence-corrected chi connectivity index (χ3v) is 3.61. The van der Waals surface area contributed by atoms with Crippen molar-refractivity contribution < 1.29 is 4.74 Å². The number of hydrogen-bond acceptors (Lipinski definition) is 4. The lowest BCUT2D eigenvalue weighted by Gasteiger charge is -2.25. The number of hydrogen-bond donors (Lipinski definition) is 1. The topological polar surface area (TPSA) is 51.4 Å². The van der Waals surface area contributed by atoms with Gasteiger partial charge in [0.2, 0.25) is 0 Å². The Morgan fingerprint density at radius 2 is 1.95 bits per heavy atom. The lowest BCUT2D eigenvalue weighted by atomic mass is 10.0. The lowest BCUT2D eigenvalue weighted by Crippen LogP contribution is -2.23. The van der Waals surface area contributed by atoms with Gasteiger partial charge in [0.25, 0.3) is 0 Å². The van der Waals surface area contributed by atoms with Gasteiger partial charge in [-0.15, -0.1) is 0 Å². The van der Waals surface area contributed by atoms with Crippen LogP contribution in [0.4, 0.5) is 5.69 Å². The second-order valence-corrected chi connectivity index (χ2v) is 5.21. The van der Waals surface area contributed by atoms with Crippen LogP contribution in [0.1, 0.15) is 24.1 Å². The van der Waals surface area contributed by atoms with Gasteiger partial charge in [-0.3, -0.25) is 4.98 Å². The van der Waals surface area contributed by atoms with E-state index in [-0.39, 0.29) is 6.04 Å². The molecular weight excluding hydrogens is 262 g/mol. The third-order valence-electron chi connectivity index (χ3n) is 3.61. The summed E-state index contributed by atoms with van der Waals surface area (Å²) >= 11 is 0. The maximum Gasteiger partial charge on any atom is 0.125 e. The summed E-state index contributed by atoms with van der Waals surface area (Å²) in [6, 6.07) is 10.1. The Morgan fingerprint density at radius 3 is 2.57 bits per heavy atom. The minimum Gasteiger partial charge on any atom is -0.496 e. The van der Waals surface area contributed by atoms with Crippen LogP contribution in [0.5, 0.6) is 5.75 Å². The first kappa shape index (κ1) is 15.3. The second-order valence-electron chi connectivity index (χ2n) is 5.21. The van der Waals surface area contributed by atoms with E-state index in [4.69, 9.17) is 10.5 Å². The van der Waals surface area contributed by atoms with Crippen molar-refractivity contribution in [1.82, 2.24) is 4.98 Å². The van der Waals surface area contributed by atoms with Crippen molar-refractivity contribution in [2.24, 2.45) is 5.73 Å². The molecule has 21 heavy (non-hydrogen) atoms. The zero-order valence-corrected chi connectivity index (χ0v) is 12.9. The van der Waals surface area contributed by atoms with Crippen molar-refractivity contribution in [1.29, 1.82) is 0 Å². The molecule has 0 saturated carbocycles. The molecule has 2 N–H and O–H groups in total. The van der Waals surface area contributed by atoms with Gasteiger partial charge in [0.1, 0.15) is 5.75 Å². The molecule has 4 nitrogen and oxygen atoms in total.